The summed E-state index contributed by atoms with van der Waals surface area (Å²) in [5, 5.41) is 9.60. The molecule has 0 saturated heterocycles. The topological polar surface area (TPSA) is 72.8 Å². The van der Waals surface area contributed by atoms with Gasteiger partial charge in [0.15, 0.2) is 6.10 Å². The van der Waals surface area contributed by atoms with Crippen molar-refractivity contribution < 1.29 is 24.2 Å². The Morgan fingerprint density at radius 1 is 0.397 bits per heavy atom. The Labute approximate surface area is 355 Å². The molecule has 0 fully saturated rings. The van der Waals surface area contributed by atoms with E-state index in [1.54, 1.807) is 0 Å². The number of ether oxygens (including phenoxy) is 2. The number of hydrogen-bond acceptors (Lipinski definition) is 5. The van der Waals surface area contributed by atoms with Crippen molar-refractivity contribution in [3.63, 3.8) is 0 Å². The standard InChI is InChI=1S/C53H82O5/c1-3-5-7-9-11-13-15-17-19-21-23-25-26-28-29-31-33-35-37-39-41-43-45-47-52(55)57-50-51(49-54)58-53(56)48-46-44-42-40-38-36-34-32-30-27-24-22-20-18-16-14-12-10-8-6-4-2/h5-8,11-14,17-20,23-25,27-29,32,34,38,40,51,54H,3-4,9-10,15-16,21-22,26,30-31,33,35-37,39,41-50H2,1-2H3/b7-5-,8-6-,13-11-,14-12-,19-17-,20-18-,25-23-,27-24-,29-28-,34-32-,40-38-. The molecule has 1 N–H and O–H groups in total. The van der Waals surface area contributed by atoms with Crippen molar-refractivity contribution in [1.82, 2.24) is 0 Å². The minimum absolute atomic E-state index is 0.0997. The van der Waals surface area contributed by atoms with Crippen molar-refractivity contribution in [2.24, 2.45) is 0 Å². The van der Waals surface area contributed by atoms with Gasteiger partial charge in [-0.3, -0.25) is 9.59 Å². The summed E-state index contributed by atoms with van der Waals surface area (Å²) in [6.07, 6.45) is 70.9. The number of aliphatic hydroxyl groups excluding tert-OH is 1. The molecule has 5 heteroatoms. The van der Waals surface area contributed by atoms with Crippen molar-refractivity contribution in [1.29, 1.82) is 0 Å². The lowest BCUT2D eigenvalue weighted by molar-refractivity contribution is -0.161. The van der Waals surface area contributed by atoms with Crippen LogP contribution in [0, 0.1) is 0 Å². The maximum Gasteiger partial charge on any atom is 0.306 e. The maximum absolute atomic E-state index is 12.2. The third kappa shape index (κ3) is 44.8. The van der Waals surface area contributed by atoms with Gasteiger partial charge in [-0.2, -0.15) is 0 Å². The van der Waals surface area contributed by atoms with Gasteiger partial charge >= 0.3 is 11.9 Å². The van der Waals surface area contributed by atoms with E-state index in [-0.39, 0.29) is 31.6 Å². The smallest absolute Gasteiger partial charge is 0.306 e. The summed E-state index contributed by atoms with van der Waals surface area (Å²) >= 11 is 0. The molecule has 0 heterocycles. The number of carbonyl (C=O) groups is 2. The predicted molar refractivity (Wildman–Crippen MR) is 251 cm³/mol. The Bertz CT molecular complexity index is 1270. The molecule has 0 aromatic heterocycles. The molecule has 0 rings (SSSR count). The highest BCUT2D eigenvalue weighted by molar-refractivity contribution is 5.70. The van der Waals surface area contributed by atoms with E-state index < -0.39 is 6.10 Å². The first kappa shape index (κ1) is 54.0. The fraction of sp³-hybridized carbons (Fsp3) is 0.547. The monoisotopic (exact) mass is 799 g/mol. The lowest BCUT2D eigenvalue weighted by Gasteiger charge is -2.15. The van der Waals surface area contributed by atoms with Crippen molar-refractivity contribution in [3.05, 3.63) is 134 Å². The van der Waals surface area contributed by atoms with Gasteiger partial charge in [0.25, 0.3) is 0 Å². The first-order chi connectivity index (χ1) is 28.6. The van der Waals surface area contributed by atoms with Crippen molar-refractivity contribution >= 4 is 11.9 Å². The maximum atomic E-state index is 12.2. The molecule has 5 nitrogen and oxygen atoms in total. The quantitative estimate of drug-likeness (QED) is 0.0381. The molecule has 0 aliphatic carbocycles. The van der Waals surface area contributed by atoms with E-state index in [0.29, 0.717) is 12.8 Å². The molecule has 0 saturated carbocycles. The van der Waals surface area contributed by atoms with Crippen LogP contribution in [0.4, 0.5) is 0 Å². The first-order valence-corrected chi connectivity index (χ1v) is 22.7. The molecule has 1 atom stereocenters. The van der Waals surface area contributed by atoms with Crippen LogP contribution in [0.25, 0.3) is 0 Å². The number of rotatable bonds is 39. The summed E-state index contributed by atoms with van der Waals surface area (Å²) in [6, 6.07) is 0. The van der Waals surface area contributed by atoms with Crippen LogP contribution >= 0.6 is 0 Å². The van der Waals surface area contributed by atoms with Gasteiger partial charge in [-0.25, -0.2) is 0 Å². The number of unbranched alkanes of at least 4 members (excludes halogenated alkanes) is 9. The van der Waals surface area contributed by atoms with Gasteiger partial charge in [0.1, 0.15) is 6.61 Å². The first-order valence-electron chi connectivity index (χ1n) is 22.7. The number of allylic oxidation sites excluding steroid dienone is 22. The summed E-state index contributed by atoms with van der Waals surface area (Å²) in [7, 11) is 0. The van der Waals surface area contributed by atoms with Crippen LogP contribution in [-0.4, -0.2) is 36.4 Å². The second-order valence-corrected chi connectivity index (χ2v) is 14.4. The van der Waals surface area contributed by atoms with Crippen LogP contribution in [0.5, 0.6) is 0 Å². The number of esters is 2. The highest BCUT2D eigenvalue weighted by Gasteiger charge is 2.16. The molecule has 0 amide bonds. The van der Waals surface area contributed by atoms with E-state index in [0.717, 1.165) is 109 Å². The van der Waals surface area contributed by atoms with Crippen LogP contribution in [0.1, 0.15) is 168 Å². The highest BCUT2D eigenvalue weighted by atomic mass is 16.6. The Balaban J connectivity index is 3.70. The van der Waals surface area contributed by atoms with E-state index in [9.17, 15) is 14.7 Å². The normalized spacial score (nSPS) is 13.5. The Hall–Kier alpha value is -3.96. The van der Waals surface area contributed by atoms with Gasteiger partial charge < -0.3 is 14.6 Å². The van der Waals surface area contributed by atoms with Gasteiger partial charge in [-0.1, -0.05) is 180 Å². The van der Waals surface area contributed by atoms with Crippen molar-refractivity contribution in [3.8, 4) is 0 Å². The van der Waals surface area contributed by atoms with Crippen molar-refractivity contribution in [2.75, 3.05) is 13.2 Å². The lowest BCUT2D eigenvalue weighted by Crippen LogP contribution is -2.28. The molecule has 0 aliphatic heterocycles. The number of hydrogen-bond donors (Lipinski definition) is 1. The van der Waals surface area contributed by atoms with Gasteiger partial charge in [0.2, 0.25) is 0 Å². The highest BCUT2D eigenvalue weighted by Crippen LogP contribution is 2.11. The lowest BCUT2D eigenvalue weighted by atomic mass is 10.1. The van der Waals surface area contributed by atoms with Crippen LogP contribution in [0.3, 0.4) is 0 Å². The van der Waals surface area contributed by atoms with E-state index >= 15 is 0 Å². The van der Waals surface area contributed by atoms with Crippen molar-refractivity contribution in [2.45, 2.75) is 174 Å². The Morgan fingerprint density at radius 3 is 1.07 bits per heavy atom. The fourth-order valence-corrected chi connectivity index (χ4v) is 5.58. The minimum Gasteiger partial charge on any atom is -0.462 e. The zero-order valence-corrected chi connectivity index (χ0v) is 36.7. The molecule has 0 spiro atoms. The fourth-order valence-electron chi connectivity index (χ4n) is 5.58. The Kier molecular flexibility index (Phi) is 44.2. The molecular weight excluding hydrogens is 717 g/mol. The summed E-state index contributed by atoms with van der Waals surface area (Å²) in [5.41, 5.74) is 0. The zero-order chi connectivity index (χ0) is 42.1. The van der Waals surface area contributed by atoms with E-state index in [2.05, 4.69) is 148 Å². The summed E-state index contributed by atoms with van der Waals surface area (Å²) in [5.74, 6) is -0.668. The zero-order valence-electron chi connectivity index (χ0n) is 36.7. The molecule has 0 aromatic carbocycles. The predicted octanol–water partition coefficient (Wildman–Crippen LogP) is 15.0. The van der Waals surface area contributed by atoms with Crippen LogP contribution < -0.4 is 0 Å². The molecule has 0 aliphatic rings. The van der Waals surface area contributed by atoms with Crippen LogP contribution in [0.2, 0.25) is 0 Å². The summed E-state index contributed by atoms with van der Waals surface area (Å²) < 4.78 is 10.6. The second kappa shape index (κ2) is 47.4. The molecular formula is C53H82O5. The average Bonchev–Trinajstić information content (AvgIpc) is 3.23. The van der Waals surface area contributed by atoms with Crippen LogP contribution in [-0.2, 0) is 19.1 Å². The van der Waals surface area contributed by atoms with Gasteiger partial charge in [-0.05, 0) is 109 Å². The number of aliphatic hydroxyl groups is 1. The third-order valence-corrected chi connectivity index (χ3v) is 8.94. The van der Waals surface area contributed by atoms with E-state index in [4.69, 9.17) is 9.47 Å². The second-order valence-electron chi connectivity index (χ2n) is 14.4. The van der Waals surface area contributed by atoms with Gasteiger partial charge in [0.05, 0.1) is 6.61 Å². The molecule has 1 unspecified atom stereocenters. The molecule has 324 valence electrons. The number of carbonyl (C=O) groups excluding carboxylic acids is 2. The summed E-state index contributed by atoms with van der Waals surface area (Å²) in [4.78, 5) is 24.4. The molecule has 0 bridgehead atoms. The van der Waals surface area contributed by atoms with E-state index in [1.165, 1.54) is 25.7 Å². The SMILES string of the molecule is CC/C=C\C/C=C\C/C=C\C/C=C\C/C=C\C/C=C\CCCCC(=O)OC(CO)COC(=O)CCCCCCCCC/C=C\C/C=C\C/C=C\C/C=C\C/C=C\CC. The molecule has 0 radical (unpaired) electrons. The minimum atomic E-state index is -0.811. The van der Waals surface area contributed by atoms with Gasteiger partial charge in [0, 0.05) is 12.8 Å². The Morgan fingerprint density at radius 2 is 0.690 bits per heavy atom. The molecule has 0 aromatic rings. The third-order valence-electron chi connectivity index (χ3n) is 8.94. The van der Waals surface area contributed by atoms with Crippen LogP contribution in [0.15, 0.2) is 134 Å². The average molecular weight is 799 g/mol. The van der Waals surface area contributed by atoms with Gasteiger partial charge in [-0.15, -0.1) is 0 Å². The summed E-state index contributed by atoms with van der Waals surface area (Å²) in [6.45, 7) is 3.85. The van der Waals surface area contributed by atoms with E-state index in [1.807, 2.05) is 0 Å². The molecule has 58 heavy (non-hydrogen) atoms. The largest absolute Gasteiger partial charge is 0.462 e.